The van der Waals surface area contributed by atoms with Gasteiger partial charge in [-0.2, -0.15) is 0 Å². The third-order valence-electron chi connectivity index (χ3n) is 5.58. The second-order valence-corrected chi connectivity index (χ2v) is 10.6. The normalized spacial score (nSPS) is 15.6. The van der Waals surface area contributed by atoms with Crippen LogP contribution in [0.1, 0.15) is 22.7 Å². The van der Waals surface area contributed by atoms with E-state index >= 15 is 0 Å². The average Bonchev–Trinajstić information content (AvgIpc) is 3.50. The molecule has 0 saturated heterocycles. The maximum atomic E-state index is 13.3. The monoisotopic (exact) mass is 546 g/mol. The van der Waals surface area contributed by atoms with Crippen LogP contribution in [0.5, 0.6) is 0 Å². The number of benzene rings is 2. The molecule has 3 heterocycles. The average molecular weight is 547 g/mol. The highest BCUT2D eigenvalue weighted by atomic mass is 35.5. The van der Waals surface area contributed by atoms with Crippen molar-refractivity contribution in [3.05, 3.63) is 118 Å². The number of hydrogen-bond acceptors (Lipinski definition) is 8. The van der Waals surface area contributed by atoms with Crippen LogP contribution < -0.4 is 4.90 Å². The molecule has 1 atom stereocenters. The quantitative estimate of drug-likeness (QED) is 0.163. The number of thioether (sulfide) groups is 1. The molecule has 2 aromatic carbocycles. The predicted molar refractivity (Wildman–Crippen MR) is 146 cm³/mol. The van der Waals surface area contributed by atoms with E-state index in [1.165, 1.54) is 34.1 Å². The topological polar surface area (TPSA) is 96.3 Å². The Labute approximate surface area is 226 Å². The van der Waals surface area contributed by atoms with Gasteiger partial charge in [-0.05, 0) is 41.0 Å². The second kappa shape index (κ2) is 11.1. The standard InChI is InChI=1S/C27H19ClN4O3S2/c28-20-11-8-18(9-12-20)16-36-27-31-30-26(37-27)32-23(19-7-4-14-29-15-19)22(24(34)25(32)35)21(33)13-10-17-5-2-1-3-6-17/h1-15,23,34H,16H2. The number of amides is 1. The van der Waals surface area contributed by atoms with E-state index in [1.807, 2.05) is 54.6 Å². The van der Waals surface area contributed by atoms with Gasteiger partial charge in [0.1, 0.15) is 0 Å². The molecule has 0 spiro atoms. The first-order valence-corrected chi connectivity index (χ1v) is 13.3. The zero-order chi connectivity index (χ0) is 25.8. The molecule has 1 aliphatic rings. The van der Waals surface area contributed by atoms with Gasteiger partial charge in [-0.15, -0.1) is 10.2 Å². The van der Waals surface area contributed by atoms with E-state index in [-0.39, 0.29) is 10.7 Å². The molecule has 184 valence electrons. The molecule has 10 heteroatoms. The molecule has 1 amide bonds. The molecule has 0 radical (unpaired) electrons. The maximum absolute atomic E-state index is 13.3. The number of carbonyl (C=O) groups excluding carboxylic acids is 2. The van der Waals surface area contributed by atoms with E-state index in [9.17, 15) is 14.7 Å². The van der Waals surface area contributed by atoms with Crippen molar-refractivity contribution in [3.63, 3.8) is 0 Å². The third kappa shape index (κ3) is 5.48. The smallest absolute Gasteiger partial charge is 0.296 e. The number of carbonyl (C=O) groups is 2. The fraction of sp³-hybridized carbons (Fsp3) is 0.0741. The van der Waals surface area contributed by atoms with Crippen molar-refractivity contribution >= 4 is 57.6 Å². The molecule has 0 saturated carbocycles. The van der Waals surface area contributed by atoms with Crippen molar-refractivity contribution in [2.75, 3.05) is 4.90 Å². The highest BCUT2D eigenvalue weighted by Gasteiger charge is 2.45. The number of ketones is 1. The molecule has 1 unspecified atom stereocenters. The number of rotatable bonds is 8. The highest BCUT2D eigenvalue weighted by Crippen LogP contribution is 2.43. The molecular formula is C27H19ClN4O3S2. The van der Waals surface area contributed by atoms with Crippen molar-refractivity contribution in [3.8, 4) is 0 Å². The molecule has 0 bridgehead atoms. The van der Waals surface area contributed by atoms with Crippen molar-refractivity contribution in [1.29, 1.82) is 0 Å². The summed E-state index contributed by atoms with van der Waals surface area (Å²) in [6.07, 6.45) is 6.16. The predicted octanol–water partition coefficient (Wildman–Crippen LogP) is 6.06. The first-order valence-electron chi connectivity index (χ1n) is 11.2. The lowest BCUT2D eigenvalue weighted by Crippen LogP contribution is -2.30. The Bertz CT molecular complexity index is 1490. The van der Waals surface area contributed by atoms with Crippen LogP contribution in [0.3, 0.4) is 0 Å². The summed E-state index contributed by atoms with van der Waals surface area (Å²) < 4.78 is 0.644. The van der Waals surface area contributed by atoms with E-state index in [4.69, 9.17) is 11.6 Å². The minimum absolute atomic E-state index is 0.0317. The van der Waals surface area contributed by atoms with E-state index < -0.39 is 23.5 Å². The fourth-order valence-corrected chi connectivity index (χ4v) is 5.77. The SMILES string of the molecule is O=C(C=Cc1ccccc1)C1=C(O)C(=O)N(c2nnc(SCc3ccc(Cl)cc3)s2)C1c1cccnc1. The van der Waals surface area contributed by atoms with Crippen LogP contribution in [0.4, 0.5) is 5.13 Å². The summed E-state index contributed by atoms with van der Waals surface area (Å²) in [5.74, 6) is -1.16. The minimum Gasteiger partial charge on any atom is -0.503 e. The number of halogens is 1. The van der Waals surface area contributed by atoms with Gasteiger partial charge in [0.05, 0.1) is 11.6 Å². The van der Waals surface area contributed by atoms with Crippen molar-refractivity contribution < 1.29 is 14.7 Å². The summed E-state index contributed by atoms with van der Waals surface area (Å²) in [5.41, 5.74) is 2.42. The zero-order valence-corrected chi connectivity index (χ0v) is 21.6. The van der Waals surface area contributed by atoms with Crippen LogP contribution in [-0.4, -0.2) is 32.0 Å². The van der Waals surface area contributed by atoms with Gasteiger partial charge in [-0.1, -0.05) is 89.3 Å². The number of anilines is 1. The summed E-state index contributed by atoms with van der Waals surface area (Å²) >= 11 is 8.64. The van der Waals surface area contributed by atoms with Crippen LogP contribution in [-0.2, 0) is 15.3 Å². The molecule has 0 fully saturated rings. The lowest BCUT2D eigenvalue weighted by atomic mass is 9.97. The van der Waals surface area contributed by atoms with Gasteiger partial charge in [-0.25, -0.2) is 0 Å². The molecule has 4 aromatic rings. The van der Waals surface area contributed by atoms with Crippen molar-refractivity contribution in [2.24, 2.45) is 0 Å². The number of pyridine rings is 1. The summed E-state index contributed by atoms with van der Waals surface area (Å²) in [6.45, 7) is 0. The number of aromatic nitrogens is 3. The van der Waals surface area contributed by atoms with Crippen LogP contribution in [0.2, 0.25) is 5.02 Å². The van der Waals surface area contributed by atoms with Crippen molar-refractivity contribution in [1.82, 2.24) is 15.2 Å². The van der Waals surface area contributed by atoms with E-state index in [1.54, 1.807) is 30.6 Å². The van der Waals surface area contributed by atoms with Gasteiger partial charge >= 0.3 is 0 Å². The Morgan fingerprint density at radius 2 is 1.86 bits per heavy atom. The van der Waals surface area contributed by atoms with Gasteiger partial charge in [0.2, 0.25) is 5.13 Å². The lowest BCUT2D eigenvalue weighted by Gasteiger charge is -2.23. The summed E-state index contributed by atoms with van der Waals surface area (Å²) in [4.78, 5) is 32.0. The van der Waals surface area contributed by atoms with Crippen LogP contribution in [0.25, 0.3) is 6.08 Å². The molecule has 1 N–H and O–H groups in total. The Balaban J connectivity index is 1.43. The lowest BCUT2D eigenvalue weighted by molar-refractivity contribution is -0.117. The van der Waals surface area contributed by atoms with Gasteiger partial charge in [0, 0.05) is 23.2 Å². The second-order valence-electron chi connectivity index (χ2n) is 8.00. The first-order chi connectivity index (χ1) is 18.0. The van der Waals surface area contributed by atoms with Gasteiger partial charge in [-0.3, -0.25) is 19.5 Å². The van der Waals surface area contributed by atoms with Crippen LogP contribution >= 0.6 is 34.7 Å². The fourth-order valence-electron chi connectivity index (χ4n) is 3.82. The van der Waals surface area contributed by atoms with Crippen LogP contribution in [0.15, 0.2) is 101 Å². The Morgan fingerprint density at radius 1 is 1.08 bits per heavy atom. The van der Waals surface area contributed by atoms with Crippen molar-refractivity contribution in [2.45, 2.75) is 16.1 Å². The Morgan fingerprint density at radius 3 is 2.59 bits per heavy atom. The highest BCUT2D eigenvalue weighted by molar-refractivity contribution is 8.00. The van der Waals surface area contributed by atoms with E-state index in [2.05, 4.69) is 15.2 Å². The van der Waals surface area contributed by atoms with Crippen LogP contribution in [0, 0.1) is 0 Å². The molecule has 5 rings (SSSR count). The molecule has 7 nitrogen and oxygen atoms in total. The summed E-state index contributed by atoms with van der Waals surface area (Å²) in [5, 5.41) is 20.2. The third-order valence-corrected chi connectivity index (χ3v) is 7.96. The maximum Gasteiger partial charge on any atom is 0.296 e. The number of nitrogens with zero attached hydrogens (tertiary/aromatic N) is 4. The number of aliphatic hydroxyl groups is 1. The van der Waals surface area contributed by atoms with Gasteiger partial charge in [0.15, 0.2) is 15.9 Å². The van der Waals surface area contributed by atoms with Gasteiger partial charge in [0.25, 0.3) is 5.91 Å². The van der Waals surface area contributed by atoms with E-state index in [0.29, 0.717) is 20.7 Å². The molecule has 2 aromatic heterocycles. The number of aliphatic hydroxyl groups excluding tert-OH is 1. The zero-order valence-electron chi connectivity index (χ0n) is 19.2. The molecule has 37 heavy (non-hydrogen) atoms. The Hall–Kier alpha value is -3.79. The molecule has 1 aliphatic heterocycles. The molecule has 0 aliphatic carbocycles. The summed E-state index contributed by atoms with van der Waals surface area (Å²) in [6, 6.07) is 19.4. The Kier molecular flexibility index (Phi) is 7.45. The number of allylic oxidation sites excluding steroid dienone is 1. The number of hydrogen-bond donors (Lipinski definition) is 1. The largest absolute Gasteiger partial charge is 0.503 e. The van der Waals surface area contributed by atoms with E-state index in [0.717, 1.165) is 11.1 Å². The minimum atomic E-state index is -0.892. The summed E-state index contributed by atoms with van der Waals surface area (Å²) in [7, 11) is 0. The van der Waals surface area contributed by atoms with Gasteiger partial charge < -0.3 is 5.11 Å². The first kappa shape index (κ1) is 24.9. The molecular weight excluding hydrogens is 528 g/mol.